The van der Waals surface area contributed by atoms with Crippen LogP contribution in [0.5, 0.6) is 0 Å². The molecule has 1 unspecified atom stereocenters. The smallest absolute Gasteiger partial charge is 0.337 e. The van der Waals surface area contributed by atoms with Crippen molar-refractivity contribution in [1.29, 1.82) is 0 Å². The van der Waals surface area contributed by atoms with Gasteiger partial charge in [0.15, 0.2) is 0 Å². The van der Waals surface area contributed by atoms with Crippen molar-refractivity contribution in [2.45, 2.75) is 19.9 Å². The molecule has 2 N–H and O–H groups in total. The van der Waals surface area contributed by atoms with E-state index in [2.05, 4.69) is 25.2 Å². The summed E-state index contributed by atoms with van der Waals surface area (Å²) < 4.78 is 0. The molecule has 0 aliphatic carbocycles. The van der Waals surface area contributed by atoms with Gasteiger partial charge in [-0.15, -0.1) is 11.3 Å². The molecule has 0 aliphatic heterocycles. The molecule has 0 fully saturated rings. The van der Waals surface area contributed by atoms with Crippen molar-refractivity contribution < 1.29 is 9.90 Å². The molecule has 3 nitrogen and oxygen atoms in total. The van der Waals surface area contributed by atoms with E-state index < -0.39 is 5.97 Å². The molecule has 0 saturated heterocycles. The zero-order valence-corrected chi connectivity index (χ0v) is 12.8. The molecule has 1 heterocycles. The second-order valence-electron chi connectivity index (χ2n) is 4.88. The summed E-state index contributed by atoms with van der Waals surface area (Å²) in [6, 6.07) is 9.24. The Hall–Kier alpha value is -1.52. The summed E-state index contributed by atoms with van der Waals surface area (Å²) in [6.45, 7) is 4.26. The highest BCUT2D eigenvalue weighted by molar-refractivity contribution is 7.10. The van der Waals surface area contributed by atoms with E-state index in [1.165, 1.54) is 4.88 Å². The molecule has 0 spiro atoms. The minimum atomic E-state index is -1.02. The van der Waals surface area contributed by atoms with Gasteiger partial charge in [-0.25, -0.2) is 4.79 Å². The van der Waals surface area contributed by atoms with E-state index in [1.807, 2.05) is 11.4 Å². The lowest BCUT2D eigenvalue weighted by Crippen LogP contribution is -2.16. The number of hydrogen-bond acceptors (Lipinski definition) is 3. The average molecular weight is 310 g/mol. The van der Waals surface area contributed by atoms with E-state index >= 15 is 0 Å². The lowest BCUT2D eigenvalue weighted by molar-refractivity contribution is 0.0697. The Morgan fingerprint density at radius 2 is 2.10 bits per heavy atom. The van der Waals surface area contributed by atoms with Crippen LogP contribution >= 0.6 is 22.9 Å². The third kappa shape index (κ3) is 3.32. The molecular weight excluding hydrogens is 294 g/mol. The maximum Gasteiger partial charge on any atom is 0.337 e. The molecule has 20 heavy (non-hydrogen) atoms. The molecule has 0 saturated carbocycles. The first kappa shape index (κ1) is 14.9. The van der Waals surface area contributed by atoms with E-state index in [9.17, 15) is 4.79 Å². The van der Waals surface area contributed by atoms with Crippen molar-refractivity contribution in [3.05, 3.63) is 51.2 Å². The van der Waals surface area contributed by atoms with Gasteiger partial charge in [0.1, 0.15) is 0 Å². The van der Waals surface area contributed by atoms with Gasteiger partial charge in [-0.3, -0.25) is 0 Å². The van der Waals surface area contributed by atoms with E-state index in [0.717, 1.165) is 5.69 Å². The number of carboxylic acid groups (broad SMARTS) is 1. The molecule has 106 valence electrons. The van der Waals surface area contributed by atoms with Crippen molar-refractivity contribution in [3.8, 4) is 0 Å². The van der Waals surface area contributed by atoms with Crippen LogP contribution in [0.4, 0.5) is 5.69 Å². The number of aromatic carboxylic acids is 1. The van der Waals surface area contributed by atoms with Gasteiger partial charge in [-0.2, -0.15) is 0 Å². The van der Waals surface area contributed by atoms with Crippen molar-refractivity contribution >= 4 is 34.6 Å². The maximum absolute atomic E-state index is 11.1. The first-order valence-corrected chi connectivity index (χ1v) is 7.57. The van der Waals surface area contributed by atoms with E-state index in [-0.39, 0.29) is 16.6 Å². The molecular formula is C15H16ClNO2S. The normalized spacial score (nSPS) is 12.4. The number of benzene rings is 1. The van der Waals surface area contributed by atoms with Gasteiger partial charge in [-0.05, 0) is 35.6 Å². The van der Waals surface area contributed by atoms with E-state index in [1.54, 1.807) is 29.5 Å². The Bertz CT molecular complexity index is 596. The molecule has 2 aromatic rings. The fraction of sp³-hybridized carbons (Fsp3) is 0.267. The first-order chi connectivity index (χ1) is 9.49. The summed E-state index contributed by atoms with van der Waals surface area (Å²) in [5.41, 5.74) is 0.879. The predicted molar refractivity (Wildman–Crippen MR) is 83.9 cm³/mol. The number of rotatable bonds is 5. The van der Waals surface area contributed by atoms with Gasteiger partial charge < -0.3 is 10.4 Å². The highest BCUT2D eigenvalue weighted by Crippen LogP contribution is 2.31. The number of hydrogen-bond donors (Lipinski definition) is 2. The van der Waals surface area contributed by atoms with Crippen molar-refractivity contribution in [2.24, 2.45) is 5.92 Å². The van der Waals surface area contributed by atoms with Crippen LogP contribution in [0.15, 0.2) is 35.7 Å². The van der Waals surface area contributed by atoms with Gasteiger partial charge in [0, 0.05) is 10.6 Å². The minimum absolute atomic E-state index is 0.116. The molecule has 1 aromatic heterocycles. The summed E-state index contributed by atoms with van der Waals surface area (Å²) in [6.07, 6.45) is 0. The van der Waals surface area contributed by atoms with Gasteiger partial charge >= 0.3 is 5.97 Å². The molecule has 2 rings (SSSR count). The Labute approximate surface area is 127 Å². The zero-order valence-electron chi connectivity index (χ0n) is 11.3. The predicted octanol–water partition coefficient (Wildman–Crippen LogP) is 4.91. The molecule has 0 radical (unpaired) electrons. The molecule has 0 aliphatic rings. The molecule has 5 heteroatoms. The van der Waals surface area contributed by atoms with Crippen molar-refractivity contribution in [1.82, 2.24) is 0 Å². The number of thiophene rings is 1. The molecule has 0 amide bonds. The Balaban J connectivity index is 2.28. The maximum atomic E-state index is 11.1. The summed E-state index contributed by atoms with van der Waals surface area (Å²) >= 11 is 7.57. The molecule has 1 atom stereocenters. The summed E-state index contributed by atoms with van der Waals surface area (Å²) in [7, 11) is 0. The Kier molecular flexibility index (Phi) is 4.68. The molecule has 1 aromatic carbocycles. The highest BCUT2D eigenvalue weighted by Gasteiger charge is 2.18. The summed E-state index contributed by atoms with van der Waals surface area (Å²) in [5.74, 6) is -0.631. The van der Waals surface area contributed by atoms with Crippen LogP contribution in [0.25, 0.3) is 0 Å². The fourth-order valence-corrected chi connectivity index (χ4v) is 3.14. The van der Waals surface area contributed by atoms with Crippen LogP contribution in [-0.4, -0.2) is 11.1 Å². The van der Waals surface area contributed by atoms with Crippen LogP contribution in [0.3, 0.4) is 0 Å². The highest BCUT2D eigenvalue weighted by atomic mass is 35.5. The van der Waals surface area contributed by atoms with Crippen LogP contribution in [-0.2, 0) is 0 Å². The third-order valence-electron chi connectivity index (χ3n) is 3.04. The third-order valence-corrected chi connectivity index (χ3v) is 4.32. The Morgan fingerprint density at radius 3 is 2.65 bits per heavy atom. The van der Waals surface area contributed by atoms with Crippen LogP contribution in [0, 0.1) is 5.92 Å². The van der Waals surface area contributed by atoms with Crippen molar-refractivity contribution in [2.75, 3.05) is 5.32 Å². The van der Waals surface area contributed by atoms with Crippen LogP contribution in [0.2, 0.25) is 5.02 Å². The number of carbonyl (C=O) groups is 1. The van der Waals surface area contributed by atoms with Gasteiger partial charge in [0.05, 0.1) is 16.6 Å². The Morgan fingerprint density at radius 1 is 1.35 bits per heavy atom. The zero-order chi connectivity index (χ0) is 14.7. The second-order valence-corrected chi connectivity index (χ2v) is 6.27. The number of halogens is 1. The number of anilines is 1. The monoisotopic (exact) mass is 309 g/mol. The van der Waals surface area contributed by atoms with Gasteiger partial charge in [0.25, 0.3) is 0 Å². The second kappa shape index (κ2) is 6.29. The topological polar surface area (TPSA) is 49.3 Å². The standard InChI is InChI=1S/C15H16ClNO2S/c1-9(2)14(13-4-3-7-20-13)17-10-5-6-12(16)11(8-10)15(18)19/h3-9,14,17H,1-2H3,(H,18,19). The van der Waals surface area contributed by atoms with E-state index in [4.69, 9.17) is 16.7 Å². The van der Waals surface area contributed by atoms with E-state index in [0.29, 0.717) is 5.92 Å². The van der Waals surface area contributed by atoms with Crippen molar-refractivity contribution in [3.63, 3.8) is 0 Å². The lowest BCUT2D eigenvalue weighted by Gasteiger charge is -2.22. The lowest BCUT2D eigenvalue weighted by atomic mass is 10.0. The summed E-state index contributed by atoms with van der Waals surface area (Å²) in [5, 5.41) is 14.8. The van der Waals surface area contributed by atoms with Crippen LogP contribution in [0.1, 0.15) is 35.1 Å². The first-order valence-electron chi connectivity index (χ1n) is 6.32. The number of nitrogens with one attached hydrogen (secondary N) is 1. The fourth-order valence-electron chi connectivity index (χ4n) is 1.99. The van der Waals surface area contributed by atoms with Gasteiger partial charge in [0.2, 0.25) is 0 Å². The molecule has 0 bridgehead atoms. The average Bonchev–Trinajstić information content (AvgIpc) is 2.90. The quantitative estimate of drug-likeness (QED) is 0.825. The largest absolute Gasteiger partial charge is 0.478 e. The van der Waals surface area contributed by atoms with Gasteiger partial charge in [-0.1, -0.05) is 31.5 Å². The SMILES string of the molecule is CC(C)C(Nc1ccc(Cl)c(C(=O)O)c1)c1cccs1. The minimum Gasteiger partial charge on any atom is -0.478 e. The van der Waals surface area contributed by atoms with Crippen LogP contribution < -0.4 is 5.32 Å². The number of carboxylic acids is 1. The summed E-state index contributed by atoms with van der Waals surface area (Å²) in [4.78, 5) is 12.3.